The first-order chi connectivity index (χ1) is 13.0. The van der Waals surface area contributed by atoms with Crippen LogP contribution >= 0.6 is 0 Å². The van der Waals surface area contributed by atoms with Crippen LogP contribution in [0.25, 0.3) is 22.4 Å². The summed E-state index contributed by atoms with van der Waals surface area (Å²) in [5, 5.41) is 9.60. The second-order valence-electron chi connectivity index (χ2n) is 6.30. The zero-order valence-corrected chi connectivity index (χ0v) is 15.8. The Hall–Kier alpha value is -3.52. The maximum atomic E-state index is 9.60. The van der Waals surface area contributed by atoms with Gasteiger partial charge in [-0.05, 0) is 54.8 Å². The number of benzene rings is 2. The monoisotopic (exact) mass is 359 g/mol. The molecule has 0 aliphatic heterocycles. The Morgan fingerprint density at radius 3 is 2.22 bits per heavy atom. The lowest BCUT2D eigenvalue weighted by Crippen LogP contribution is -2.00. The zero-order valence-electron chi connectivity index (χ0n) is 15.8. The van der Waals surface area contributed by atoms with Crippen molar-refractivity contribution >= 4 is 5.82 Å². The Bertz CT molecular complexity index is 1050. The molecular formula is C22H21N3O2. The summed E-state index contributed by atoms with van der Waals surface area (Å²) in [5.41, 5.74) is 12.0. The van der Waals surface area contributed by atoms with Crippen molar-refractivity contribution in [2.45, 2.75) is 13.8 Å². The van der Waals surface area contributed by atoms with Gasteiger partial charge >= 0.3 is 0 Å². The van der Waals surface area contributed by atoms with Crippen LogP contribution in [0.15, 0.2) is 42.5 Å². The number of nitrogens with zero attached hydrogens (tertiary/aromatic N) is 2. The number of methoxy groups -OCH3 is 2. The maximum Gasteiger partial charge on any atom is 0.161 e. The van der Waals surface area contributed by atoms with Gasteiger partial charge < -0.3 is 15.2 Å². The summed E-state index contributed by atoms with van der Waals surface area (Å²) in [6.45, 7) is 4.12. The Labute approximate surface area is 159 Å². The van der Waals surface area contributed by atoms with Crippen LogP contribution < -0.4 is 15.2 Å². The molecule has 1 heterocycles. The summed E-state index contributed by atoms with van der Waals surface area (Å²) in [5.74, 6) is 1.41. The molecule has 0 bridgehead atoms. The van der Waals surface area contributed by atoms with E-state index in [1.807, 2.05) is 30.3 Å². The molecule has 0 unspecified atom stereocenters. The van der Waals surface area contributed by atoms with Crippen molar-refractivity contribution in [1.82, 2.24) is 4.98 Å². The fraction of sp³-hybridized carbons (Fsp3) is 0.182. The molecular weight excluding hydrogens is 338 g/mol. The van der Waals surface area contributed by atoms with Crippen molar-refractivity contribution in [3.8, 4) is 40.0 Å². The minimum Gasteiger partial charge on any atom is -0.493 e. The molecule has 3 rings (SSSR count). The number of ether oxygens (including phenoxy) is 2. The van der Waals surface area contributed by atoms with Gasteiger partial charge in [-0.1, -0.05) is 18.2 Å². The van der Waals surface area contributed by atoms with Crippen molar-refractivity contribution in [1.29, 1.82) is 5.26 Å². The number of rotatable bonds is 4. The first-order valence-corrected chi connectivity index (χ1v) is 8.49. The Kier molecular flexibility index (Phi) is 5.00. The van der Waals surface area contributed by atoms with Gasteiger partial charge in [0.05, 0.1) is 19.9 Å². The number of nitriles is 1. The minimum absolute atomic E-state index is 0.206. The molecule has 2 N–H and O–H groups in total. The first kappa shape index (κ1) is 18.3. The maximum absolute atomic E-state index is 9.60. The van der Waals surface area contributed by atoms with E-state index in [4.69, 9.17) is 15.2 Å². The van der Waals surface area contributed by atoms with Crippen molar-refractivity contribution in [3.63, 3.8) is 0 Å². The van der Waals surface area contributed by atoms with Gasteiger partial charge in [0.15, 0.2) is 11.5 Å². The first-order valence-electron chi connectivity index (χ1n) is 8.49. The highest BCUT2D eigenvalue weighted by atomic mass is 16.5. The third-order valence-corrected chi connectivity index (χ3v) is 4.66. The molecule has 0 radical (unpaired) electrons. The molecule has 27 heavy (non-hydrogen) atoms. The minimum atomic E-state index is 0.206. The van der Waals surface area contributed by atoms with Crippen LogP contribution in [0.2, 0.25) is 0 Å². The van der Waals surface area contributed by atoms with E-state index in [1.54, 1.807) is 14.2 Å². The largest absolute Gasteiger partial charge is 0.493 e. The summed E-state index contributed by atoms with van der Waals surface area (Å²) in [6, 6.07) is 15.7. The van der Waals surface area contributed by atoms with Crippen LogP contribution in [0.5, 0.6) is 11.5 Å². The van der Waals surface area contributed by atoms with E-state index in [9.17, 15) is 5.26 Å². The molecule has 0 amide bonds. The summed E-state index contributed by atoms with van der Waals surface area (Å²) in [7, 11) is 3.16. The third kappa shape index (κ3) is 3.42. The van der Waals surface area contributed by atoms with Crippen LogP contribution in [0.3, 0.4) is 0 Å². The van der Waals surface area contributed by atoms with Gasteiger partial charge in [-0.2, -0.15) is 5.26 Å². The fourth-order valence-electron chi connectivity index (χ4n) is 2.96. The Morgan fingerprint density at radius 2 is 1.59 bits per heavy atom. The predicted octanol–water partition coefficient (Wildman–Crippen LogP) is 4.50. The summed E-state index contributed by atoms with van der Waals surface area (Å²) in [4.78, 5) is 4.45. The van der Waals surface area contributed by atoms with Crippen molar-refractivity contribution < 1.29 is 9.47 Å². The Morgan fingerprint density at radius 1 is 0.889 bits per heavy atom. The van der Waals surface area contributed by atoms with Crippen LogP contribution in [-0.4, -0.2) is 19.2 Å². The van der Waals surface area contributed by atoms with Crippen LogP contribution in [-0.2, 0) is 0 Å². The molecule has 136 valence electrons. The van der Waals surface area contributed by atoms with E-state index in [-0.39, 0.29) is 5.82 Å². The van der Waals surface area contributed by atoms with Gasteiger partial charge in [0.2, 0.25) is 0 Å². The van der Waals surface area contributed by atoms with Crippen LogP contribution in [0.1, 0.15) is 16.7 Å². The number of pyridine rings is 1. The highest BCUT2D eigenvalue weighted by Crippen LogP contribution is 2.36. The quantitative estimate of drug-likeness (QED) is 0.741. The molecule has 0 spiro atoms. The summed E-state index contributed by atoms with van der Waals surface area (Å²) in [6.07, 6.45) is 0. The van der Waals surface area contributed by atoms with Crippen molar-refractivity contribution in [3.05, 3.63) is 59.2 Å². The average molecular weight is 359 g/mol. The zero-order chi connectivity index (χ0) is 19.6. The highest BCUT2D eigenvalue weighted by molar-refractivity contribution is 5.81. The molecule has 0 saturated carbocycles. The van der Waals surface area contributed by atoms with Gasteiger partial charge in [0, 0.05) is 11.1 Å². The van der Waals surface area contributed by atoms with Gasteiger partial charge in [-0.25, -0.2) is 4.98 Å². The summed E-state index contributed by atoms with van der Waals surface area (Å²) < 4.78 is 10.7. The lowest BCUT2D eigenvalue weighted by atomic mass is 9.97. The molecule has 1 aromatic heterocycles. The smallest absolute Gasteiger partial charge is 0.161 e. The lowest BCUT2D eigenvalue weighted by molar-refractivity contribution is 0.355. The van der Waals surface area contributed by atoms with E-state index in [0.717, 1.165) is 16.8 Å². The molecule has 2 aromatic carbocycles. The van der Waals surface area contributed by atoms with Gasteiger partial charge in [-0.15, -0.1) is 0 Å². The lowest BCUT2D eigenvalue weighted by Gasteiger charge is -2.13. The summed E-state index contributed by atoms with van der Waals surface area (Å²) >= 11 is 0. The molecule has 5 heteroatoms. The average Bonchev–Trinajstić information content (AvgIpc) is 2.68. The van der Waals surface area contributed by atoms with Crippen LogP contribution in [0, 0.1) is 25.2 Å². The topological polar surface area (TPSA) is 81.2 Å². The SMILES string of the molecule is COc1ccc(-c2cc(-c3ccc(C)c(C)c3)nc(N)c2C#N)cc1OC. The normalized spacial score (nSPS) is 10.3. The Balaban J connectivity index is 2.22. The molecule has 0 saturated heterocycles. The number of nitrogens with two attached hydrogens (primary N) is 1. The number of aromatic nitrogens is 1. The number of hydrogen-bond acceptors (Lipinski definition) is 5. The predicted molar refractivity (Wildman–Crippen MR) is 107 cm³/mol. The highest BCUT2D eigenvalue weighted by Gasteiger charge is 2.15. The van der Waals surface area contributed by atoms with Gasteiger partial charge in [-0.3, -0.25) is 0 Å². The van der Waals surface area contributed by atoms with E-state index in [1.165, 1.54) is 11.1 Å². The molecule has 0 aliphatic rings. The van der Waals surface area contributed by atoms with Crippen molar-refractivity contribution in [2.75, 3.05) is 20.0 Å². The van der Waals surface area contributed by atoms with E-state index in [0.29, 0.717) is 22.6 Å². The molecule has 0 aliphatic carbocycles. The van der Waals surface area contributed by atoms with E-state index >= 15 is 0 Å². The third-order valence-electron chi connectivity index (χ3n) is 4.66. The molecule has 0 atom stereocenters. The number of nitrogen functional groups attached to an aromatic ring is 1. The second-order valence-corrected chi connectivity index (χ2v) is 6.30. The molecule has 3 aromatic rings. The van der Waals surface area contributed by atoms with E-state index in [2.05, 4.69) is 37.0 Å². The van der Waals surface area contributed by atoms with E-state index < -0.39 is 0 Å². The second kappa shape index (κ2) is 7.38. The fourth-order valence-corrected chi connectivity index (χ4v) is 2.96. The molecule has 5 nitrogen and oxygen atoms in total. The number of hydrogen-bond donors (Lipinski definition) is 1. The standard InChI is InChI=1S/C22H21N3O2/c1-13-5-6-16(9-14(13)2)19-11-17(18(12-23)22(24)25-19)15-7-8-20(26-3)21(10-15)27-4/h5-11H,1-4H3,(H2,24,25). The number of anilines is 1. The molecule has 0 fully saturated rings. The number of aryl methyl sites for hydroxylation is 2. The van der Waals surface area contributed by atoms with Crippen LogP contribution in [0.4, 0.5) is 5.82 Å². The van der Waals surface area contributed by atoms with Gasteiger partial charge in [0.25, 0.3) is 0 Å². The van der Waals surface area contributed by atoms with Crippen molar-refractivity contribution in [2.24, 2.45) is 0 Å². The van der Waals surface area contributed by atoms with Gasteiger partial charge in [0.1, 0.15) is 17.5 Å².